The van der Waals surface area contributed by atoms with Crippen molar-refractivity contribution < 1.29 is 19.1 Å². The van der Waals surface area contributed by atoms with Gasteiger partial charge in [-0.1, -0.05) is 6.42 Å². The topological polar surface area (TPSA) is 83.7 Å². The summed E-state index contributed by atoms with van der Waals surface area (Å²) >= 11 is 1.66. The van der Waals surface area contributed by atoms with Gasteiger partial charge in [0, 0.05) is 41.4 Å². The number of fused-ring (bicyclic) bond motifs is 1. The monoisotopic (exact) mass is 431 g/mol. The summed E-state index contributed by atoms with van der Waals surface area (Å²) in [6.07, 6.45) is 4.69. The number of amides is 2. The minimum absolute atomic E-state index is 0.0317. The fourth-order valence-corrected chi connectivity index (χ4v) is 5.20. The summed E-state index contributed by atoms with van der Waals surface area (Å²) in [7, 11) is 3.29. The first-order valence-electron chi connectivity index (χ1n) is 10.5. The van der Waals surface area contributed by atoms with E-state index >= 15 is 0 Å². The first kappa shape index (κ1) is 20.9. The van der Waals surface area contributed by atoms with E-state index in [-0.39, 0.29) is 23.8 Å². The first-order chi connectivity index (χ1) is 14.6. The fraction of sp³-hybridized carbons (Fsp3) is 0.545. The van der Waals surface area contributed by atoms with E-state index in [1.165, 1.54) is 0 Å². The number of aromatic nitrogens is 1. The Morgan fingerprint density at radius 3 is 2.77 bits per heavy atom. The SMILES string of the molecule is COc1cc(OC)c2cc(CCCNC(=O)C3CSCN3C(=O)C3CCC3)[nH]c2c1. The van der Waals surface area contributed by atoms with E-state index in [4.69, 9.17) is 9.47 Å². The molecule has 7 nitrogen and oxygen atoms in total. The number of aromatic amines is 1. The number of rotatable bonds is 8. The number of nitrogens with one attached hydrogen (secondary N) is 2. The summed E-state index contributed by atoms with van der Waals surface area (Å²) in [4.78, 5) is 30.4. The maximum atomic E-state index is 12.6. The van der Waals surface area contributed by atoms with Gasteiger partial charge in [0.05, 0.1) is 25.6 Å². The second-order valence-electron chi connectivity index (χ2n) is 7.93. The Hall–Kier alpha value is -2.35. The third kappa shape index (κ3) is 4.24. The van der Waals surface area contributed by atoms with Crippen LogP contribution >= 0.6 is 11.8 Å². The molecule has 1 aromatic carbocycles. The predicted octanol–water partition coefficient (Wildman–Crippen LogP) is 2.94. The Kier molecular flexibility index (Phi) is 6.41. The highest BCUT2D eigenvalue weighted by molar-refractivity contribution is 7.99. The lowest BCUT2D eigenvalue weighted by atomic mass is 9.84. The van der Waals surface area contributed by atoms with Crippen molar-refractivity contribution in [3.63, 3.8) is 0 Å². The smallest absolute Gasteiger partial charge is 0.243 e. The molecule has 162 valence electrons. The zero-order valence-electron chi connectivity index (χ0n) is 17.5. The zero-order chi connectivity index (χ0) is 21.1. The van der Waals surface area contributed by atoms with Crippen LogP contribution in [0.25, 0.3) is 10.9 Å². The van der Waals surface area contributed by atoms with Crippen molar-refractivity contribution in [3.05, 3.63) is 23.9 Å². The molecular weight excluding hydrogens is 402 g/mol. The maximum absolute atomic E-state index is 12.6. The summed E-state index contributed by atoms with van der Waals surface area (Å²) < 4.78 is 10.8. The van der Waals surface area contributed by atoms with Crippen molar-refractivity contribution in [2.45, 2.75) is 38.1 Å². The minimum atomic E-state index is -0.326. The van der Waals surface area contributed by atoms with E-state index in [0.717, 1.165) is 60.2 Å². The van der Waals surface area contributed by atoms with Crippen molar-refractivity contribution in [2.75, 3.05) is 32.4 Å². The van der Waals surface area contributed by atoms with Crippen LogP contribution in [-0.2, 0) is 16.0 Å². The van der Waals surface area contributed by atoms with Crippen LogP contribution < -0.4 is 14.8 Å². The lowest BCUT2D eigenvalue weighted by Gasteiger charge is -2.31. The standard InChI is InChI=1S/C22H29N3O4S/c1-28-16-10-18-17(20(11-16)29-2)9-15(24-18)7-4-8-23-21(26)19-12-30-13-25(19)22(27)14-5-3-6-14/h9-11,14,19,24H,3-8,12-13H2,1-2H3,(H,23,26). The van der Waals surface area contributed by atoms with Gasteiger partial charge in [-0.25, -0.2) is 0 Å². The molecule has 2 fully saturated rings. The zero-order valence-corrected chi connectivity index (χ0v) is 18.3. The van der Waals surface area contributed by atoms with Crippen LogP contribution in [0.15, 0.2) is 18.2 Å². The van der Waals surface area contributed by atoms with Crippen LogP contribution in [0.3, 0.4) is 0 Å². The average Bonchev–Trinajstić information content (AvgIpc) is 3.35. The van der Waals surface area contributed by atoms with Gasteiger partial charge in [0.1, 0.15) is 17.5 Å². The van der Waals surface area contributed by atoms with Gasteiger partial charge in [0.2, 0.25) is 11.8 Å². The molecule has 0 spiro atoms. The number of carbonyl (C=O) groups excluding carboxylic acids is 2. The number of carbonyl (C=O) groups is 2. The summed E-state index contributed by atoms with van der Waals surface area (Å²) in [5, 5.41) is 4.04. The number of H-pyrrole nitrogens is 1. The van der Waals surface area contributed by atoms with E-state index in [1.54, 1.807) is 30.9 Å². The van der Waals surface area contributed by atoms with E-state index in [0.29, 0.717) is 18.2 Å². The van der Waals surface area contributed by atoms with Gasteiger partial charge in [-0.15, -0.1) is 11.8 Å². The minimum Gasteiger partial charge on any atom is -0.497 e. The molecule has 1 aromatic heterocycles. The van der Waals surface area contributed by atoms with Crippen LogP contribution in [0.2, 0.25) is 0 Å². The third-order valence-electron chi connectivity index (χ3n) is 6.03. The molecule has 30 heavy (non-hydrogen) atoms. The molecule has 1 unspecified atom stereocenters. The molecular formula is C22H29N3O4S. The van der Waals surface area contributed by atoms with Crippen molar-refractivity contribution in [1.82, 2.24) is 15.2 Å². The lowest BCUT2D eigenvalue weighted by Crippen LogP contribution is -2.50. The molecule has 4 rings (SSSR count). The average molecular weight is 432 g/mol. The second-order valence-corrected chi connectivity index (χ2v) is 8.93. The third-order valence-corrected chi connectivity index (χ3v) is 7.04. The number of nitrogens with zero attached hydrogens (tertiary/aromatic N) is 1. The summed E-state index contributed by atoms with van der Waals surface area (Å²) in [5.41, 5.74) is 2.06. The molecule has 1 aliphatic heterocycles. The molecule has 1 aliphatic carbocycles. The van der Waals surface area contributed by atoms with E-state index in [9.17, 15) is 9.59 Å². The van der Waals surface area contributed by atoms with Crippen molar-refractivity contribution >= 4 is 34.5 Å². The van der Waals surface area contributed by atoms with Crippen LogP contribution in [0.4, 0.5) is 0 Å². The van der Waals surface area contributed by atoms with Gasteiger partial charge in [-0.3, -0.25) is 9.59 Å². The van der Waals surface area contributed by atoms with Crippen LogP contribution in [0.5, 0.6) is 11.5 Å². The number of hydrogen-bond donors (Lipinski definition) is 2. The largest absolute Gasteiger partial charge is 0.497 e. The molecule has 8 heteroatoms. The van der Waals surface area contributed by atoms with E-state index in [2.05, 4.69) is 16.4 Å². The molecule has 2 amide bonds. The number of ether oxygens (including phenoxy) is 2. The summed E-state index contributed by atoms with van der Waals surface area (Å²) in [6, 6.07) is 5.58. The fourth-order valence-electron chi connectivity index (χ4n) is 4.03. The highest BCUT2D eigenvalue weighted by Gasteiger charge is 2.39. The van der Waals surface area contributed by atoms with E-state index in [1.807, 2.05) is 12.1 Å². The quantitative estimate of drug-likeness (QED) is 0.628. The van der Waals surface area contributed by atoms with Crippen molar-refractivity contribution in [2.24, 2.45) is 5.92 Å². The van der Waals surface area contributed by atoms with Crippen molar-refractivity contribution in [1.29, 1.82) is 0 Å². The summed E-state index contributed by atoms with van der Waals surface area (Å²) in [6.45, 7) is 0.585. The normalized spacial score (nSPS) is 19.0. The Morgan fingerprint density at radius 2 is 2.07 bits per heavy atom. The maximum Gasteiger partial charge on any atom is 0.243 e. The van der Waals surface area contributed by atoms with Gasteiger partial charge in [-0.05, 0) is 31.7 Å². The highest BCUT2D eigenvalue weighted by Crippen LogP contribution is 2.33. The predicted molar refractivity (Wildman–Crippen MR) is 118 cm³/mol. The molecule has 0 radical (unpaired) electrons. The number of benzene rings is 1. The van der Waals surface area contributed by atoms with Gasteiger partial charge >= 0.3 is 0 Å². The number of hydrogen-bond acceptors (Lipinski definition) is 5. The molecule has 0 bridgehead atoms. The molecule has 2 aliphatic rings. The van der Waals surface area contributed by atoms with Crippen LogP contribution in [-0.4, -0.2) is 60.1 Å². The Morgan fingerprint density at radius 1 is 1.23 bits per heavy atom. The molecule has 1 saturated carbocycles. The summed E-state index contributed by atoms with van der Waals surface area (Å²) in [5.74, 6) is 3.11. The molecule has 2 N–H and O–H groups in total. The van der Waals surface area contributed by atoms with Crippen LogP contribution in [0, 0.1) is 5.92 Å². The van der Waals surface area contributed by atoms with Gasteiger partial charge < -0.3 is 24.7 Å². The van der Waals surface area contributed by atoms with Gasteiger partial charge in [-0.2, -0.15) is 0 Å². The van der Waals surface area contributed by atoms with Crippen LogP contribution in [0.1, 0.15) is 31.4 Å². The Balaban J connectivity index is 1.29. The van der Waals surface area contributed by atoms with Gasteiger partial charge in [0.15, 0.2) is 0 Å². The second kappa shape index (κ2) is 9.20. The van der Waals surface area contributed by atoms with Gasteiger partial charge in [0.25, 0.3) is 0 Å². The van der Waals surface area contributed by atoms with E-state index < -0.39 is 0 Å². The molecule has 2 heterocycles. The molecule has 1 saturated heterocycles. The van der Waals surface area contributed by atoms with Crippen molar-refractivity contribution in [3.8, 4) is 11.5 Å². The first-order valence-corrected chi connectivity index (χ1v) is 11.7. The highest BCUT2D eigenvalue weighted by atomic mass is 32.2. The number of methoxy groups -OCH3 is 2. The number of aryl methyl sites for hydroxylation is 1. The lowest BCUT2D eigenvalue weighted by molar-refractivity contribution is -0.143. The Bertz CT molecular complexity index is 924. The molecule has 1 atom stereocenters. The number of thioether (sulfide) groups is 1. The molecule has 2 aromatic rings. The Labute approximate surface area is 180 Å².